The lowest BCUT2D eigenvalue weighted by molar-refractivity contribution is 0.0695. The topological polar surface area (TPSA) is 74.6 Å². The van der Waals surface area contributed by atoms with E-state index in [1.165, 1.54) is 12.3 Å². The second-order valence-electron chi connectivity index (χ2n) is 9.99. The van der Waals surface area contributed by atoms with Crippen molar-refractivity contribution in [2.75, 3.05) is 25.0 Å². The number of allylic oxidation sites excluding steroid dienone is 1. The smallest absolute Gasteiger partial charge is 0.341 e. The number of halogens is 2. The maximum Gasteiger partial charge on any atom is 0.341 e. The molecule has 1 aliphatic heterocycles. The maximum absolute atomic E-state index is 15.6. The van der Waals surface area contributed by atoms with E-state index in [9.17, 15) is 14.7 Å². The van der Waals surface area contributed by atoms with E-state index in [4.69, 9.17) is 11.6 Å². The zero-order valence-electron chi connectivity index (χ0n) is 19.0. The molecule has 33 heavy (non-hydrogen) atoms. The van der Waals surface area contributed by atoms with Crippen LogP contribution in [0.2, 0.25) is 5.02 Å². The van der Waals surface area contributed by atoms with Crippen molar-refractivity contribution < 1.29 is 14.3 Å². The average Bonchev–Trinajstić information content (AvgIpc) is 3.51. The molecule has 4 atom stereocenters. The largest absolute Gasteiger partial charge is 0.477 e. The molecule has 0 amide bonds. The molecule has 2 aliphatic carbocycles. The lowest BCUT2D eigenvalue weighted by Gasteiger charge is -2.36. The van der Waals surface area contributed by atoms with Crippen molar-refractivity contribution in [1.29, 1.82) is 0 Å². The van der Waals surface area contributed by atoms with Crippen LogP contribution < -0.4 is 15.6 Å². The van der Waals surface area contributed by atoms with Gasteiger partial charge in [-0.15, -0.1) is 0 Å². The van der Waals surface area contributed by atoms with Gasteiger partial charge < -0.3 is 19.9 Å². The molecule has 3 aliphatic rings. The summed E-state index contributed by atoms with van der Waals surface area (Å²) < 4.78 is 17.3. The van der Waals surface area contributed by atoms with Gasteiger partial charge in [0.25, 0.3) is 0 Å². The second-order valence-corrected chi connectivity index (χ2v) is 10.4. The highest BCUT2D eigenvalue weighted by molar-refractivity contribution is 6.38. The van der Waals surface area contributed by atoms with Gasteiger partial charge in [-0.3, -0.25) is 4.79 Å². The number of carbonyl (C=O) groups is 1. The van der Waals surface area contributed by atoms with Gasteiger partial charge in [0.1, 0.15) is 11.4 Å². The fraction of sp³-hybridized carbons (Fsp3) is 0.520. The molecule has 1 saturated heterocycles. The number of fused-ring (bicyclic) bond motifs is 2. The first-order chi connectivity index (χ1) is 15.7. The van der Waals surface area contributed by atoms with E-state index >= 15 is 4.39 Å². The lowest BCUT2D eigenvalue weighted by Crippen LogP contribution is -2.42. The first-order valence-electron chi connectivity index (χ1n) is 11.6. The van der Waals surface area contributed by atoms with Gasteiger partial charge in [-0.25, -0.2) is 9.18 Å². The lowest BCUT2D eigenvalue weighted by atomic mass is 9.71. The van der Waals surface area contributed by atoms with Crippen LogP contribution in [0.15, 0.2) is 29.2 Å². The fourth-order valence-corrected chi connectivity index (χ4v) is 6.31. The van der Waals surface area contributed by atoms with Crippen LogP contribution in [0.3, 0.4) is 0 Å². The van der Waals surface area contributed by atoms with Gasteiger partial charge in [0.05, 0.1) is 21.6 Å². The summed E-state index contributed by atoms with van der Waals surface area (Å²) in [4.78, 5) is 26.5. The van der Waals surface area contributed by atoms with Crippen LogP contribution in [0.25, 0.3) is 10.9 Å². The summed E-state index contributed by atoms with van der Waals surface area (Å²) in [7, 11) is 1.95. The summed E-state index contributed by atoms with van der Waals surface area (Å²) in [6.07, 6.45) is 7.63. The van der Waals surface area contributed by atoms with E-state index in [0.29, 0.717) is 48.0 Å². The van der Waals surface area contributed by atoms with E-state index in [1.54, 1.807) is 4.57 Å². The zero-order valence-corrected chi connectivity index (χ0v) is 19.8. The van der Waals surface area contributed by atoms with Crippen molar-refractivity contribution in [3.05, 3.63) is 51.0 Å². The Labute approximate surface area is 197 Å². The molecular formula is C25H29ClFN3O3. The third-order valence-electron chi connectivity index (χ3n) is 7.68. The molecule has 1 aromatic carbocycles. The van der Waals surface area contributed by atoms with Crippen molar-refractivity contribution in [3.63, 3.8) is 0 Å². The minimum atomic E-state index is -1.31. The van der Waals surface area contributed by atoms with Crippen LogP contribution in [0.5, 0.6) is 0 Å². The highest BCUT2D eigenvalue weighted by atomic mass is 35.5. The Hall–Kier alpha value is -2.38. The predicted octanol–water partition coefficient (Wildman–Crippen LogP) is 4.31. The van der Waals surface area contributed by atoms with Crippen molar-refractivity contribution in [3.8, 4) is 0 Å². The first kappa shape index (κ1) is 22.4. The highest BCUT2D eigenvalue weighted by Crippen LogP contribution is 2.46. The Balaban J connectivity index is 1.64. The van der Waals surface area contributed by atoms with Crippen LogP contribution in [-0.4, -0.2) is 41.8 Å². The molecule has 1 saturated carbocycles. The molecule has 0 spiro atoms. The number of aromatic nitrogens is 1. The number of hydrogen-bond acceptors (Lipinski definition) is 4. The van der Waals surface area contributed by atoms with Gasteiger partial charge >= 0.3 is 5.97 Å². The SMILES string of the molecule is CNC1C=CC(C(C)C)C2CN(c3c(F)cc4c(=O)c(C(=O)O)cn(C5CC5)c4c3Cl)CC12. The number of rotatable bonds is 5. The standard InChI is InChI=1S/C25H29ClFN3O3/c1-12(2)14-6-7-20(28-3)17-10-29(9-16(14)17)23-19(27)8-15-22(21(23)26)30(13-4-5-13)11-18(24(15)31)25(32)33/h6-8,11-14,16-17,20,28H,4-5,9-10H2,1-3H3,(H,32,33). The van der Waals surface area contributed by atoms with Crippen LogP contribution in [0, 0.1) is 29.5 Å². The Morgan fingerprint density at radius 3 is 2.55 bits per heavy atom. The van der Waals surface area contributed by atoms with Gasteiger partial charge in [-0.2, -0.15) is 0 Å². The van der Waals surface area contributed by atoms with Gasteiger partial charge in [-0.05, 0) is 43.7 Å². The van der Waals surface area contributed by atoms with Crippen LogP contribution in [-0.2, 0) is 0 Å². The number of benzene rings is 1. The molecular weight excluding hydrogens is 445 g/mol. The average molecular weight is 474 g/mol. The van der Waals surface area contributed by atoms with Gasteiger partial charge in [0.2, 0.25) is 5.43 Å². The zero-order chi connectivity index (χ0) is 23.6. The summed E-state index contributed by atoms with van der Waals surface area (Å²) in [5.41, 5.74) is -0.305. The van der Waals surface area contributed by atoms with Gasteiger partial charge in [0.15, 0.2) is 0 Å². The molecule has 176 valence electrons. The third-order valence-corrected chi connectivity index (χ3v) is 8.04. The number of nitrogens with one attached hydrogen (secondary N) is 1. The normalized spacial score (nSPS) is 26.9. The molecule has 2 fully saturated rings. The Bertz CT molecular complexity index is 1220. The van der Waals surface area contributed by atoms with Crippen LogP contribution >= 0.6 is 11.6 Å². The number of pyridine rings is 1. The van der Waals surface area contributed by atoms with Crippen molar-refractivity contribution >= 4 is 34.2 Å². The fourth-order valence-electron chi connectivity index (χ4n) is 5.90. The summed E-state index contributed by atoms with van der Waals surface area (Å²) in [6, 6.07) is 1.46. The van der Waals surface area contributed by atoms with E-state index in [1.807, 2.05) is 11.9 Å². The molecule has 8 heteroatoms. The highest BCUT2D eigenvalue weighted by Gasteiger charge is 2.44. The molecule has 2 N–H and O–H groups in total. The molecule has 0 bridgehead atoms. The Kier molecular flexibility index (Phi) is 5.52. The molecule has 2 heterocycles. The number of nitrogens with zero attached hydrogens (tertiary/aromatic N) is 2. The number of carboxylic acid groups (broad SMARTS) is 1. The number of hydrogen-bond donors (Lipinski definition) is 2. The number of carboxylic acids is 1. The minimum absolute atomic E-state index is 0.0273. The molecule has 6 nitrogen and oxygen atoms in total. The monoisotopic (exact) mass is 473 g/mol. The molecule has 0 radical (unpaired) electrons. The molecule has 2 aromatic rings. The molecule has 4 unspecified atom stereocenters. The van der Waals surface area contributed by atoms with E-state index < -0.39 is 17.2 Å². The summed E-state index contributed by atoms with van der Waals surface area (Å²) >= 11 is 6.85. The summed E-state index contributed by atoms with van der Waals surface area (Å²) in [6.45, 7) is 5.77. The van der Waals surface area contributed by atoms with E-state index in [2.05, 4.69) is 31.3 Å². The first-order valence-corrected chi connectivity index (χ1v) is 12.0. The Morgan fingerprint density at radius 1 is 1.24 bits per heavy atom. The summed E-state index contributed by atoms with van der Waals surface area (Å²) in [5.74, 6) is -0.348. The number of anilines is 1. The minimum Gasteiger partial charge on any atom is -0.477 e. The van der Waals surface area contributed by atoms with E-state index in [-0.39, 0.29) is 28.1 Å². The predicted molar refractivity (Wildman–Crippen MR) is 128 cm³/mol. The molecule has 5 rings (SSSR count). The van der Waals surface area contributed by atoms with Gasteiger partial charge in [-0.1, -0.05) is 37.6 Å². The molecule has 1 aromatic heterocycles. The van der Waals surface area contributed by atoms with E-state index in [0.717, 1.165) is 12.8 Å². The van der Waals surface area contributed by atoms with Crippen molar-refractivity contribution in [2.45, 2.75) is 38.8 Å². The third kappa shape index (κ3) is 3.56. The maximum atomic E-state index is 15.6. The quantitative estimate of drug-likeness (QED) is 0.633. The number of likely N-dealkylation sites (N-methyl/N-ethyl adjacent to an activating group) is 1. The van der Waals surface area contributed by atoms with Gasteiger partial charge in [0, 0.05) is 37.3 Å². The van der Waals surface area contributed by atoms with Crippen LogP contribution in [0.4, 0.5) is 10.1 Å². The Morgan fingerprint density at radius 2 is 1.94 bits per heavy atom. The summed E-state index contributed by atoms with van der Waals surface area (Å²) in [5, 5.41) is 13.1. The van der Waals surface area contributed by atoms with Crippen molar-refractivity contribution in [2.24, 2.45) is 23.7 Å². The van der Waals surface area contributed by atoms with Crippen molar-refractivity contribution in [1.82, 2.24) is 9.88 Å². The van der Waals surface area contributed by atoms with Crippen LogP contribution in [0.1, 0.15) is 43.1 Å². The number of aromatic carboxylic acids is 1. The second kappa shape index (κ2) is 8.13.